The van der Waals surface area contributed by atoms with E-state index < -0.39 is 17.7 Å². The first-order valence-electron chi connectivity index (χ1n) is 8.25. The van der Waals surface area contributed by atoms with Gasteiger partial charge in [-0.05, 0) is 57.0 Å². The van der Waals surface area contributed by atoms with Crippen molar-refractivity contribution in [2.45, 2.75) is 51.2 Å². The van der Waals surface area contributed by atoms with Gasteiger partial charge in [0.25, 0.3) is 0 Å². The first-order valence-corrected chi connectivity index (χ1v) is 13.2. The Balaban J connectivity index is 2.61. The molecule has 5 nitrogen and oxygen atoms in total. The van der Waals surface area contributed by atoms with Crippen molar-refractivity contribution >= 4 is 28.5 Å². The predicted octanol–water partition coefficient (Wildman–Crippen LogP) is 3.94. The zero-order chi connectivity index (χ0) is 18.1. The van der Waals surface area contributed by atoms with Crippen LogP contribution in [-0.4, -0.2) is 42.3 Å². The molecule has 1 aromatic carbocycles. The molecule has 0 aliphatic heterocycles. The molecule has 1 rings (SSSR count). The van der Waals surface area contributed by atoms with Crippen LogP contribution in [-0.2, 0) is 22.1 Å². The lowest BCUT2D eigenvalue weighted by molar-refractivity contribution is 0.0442. The molecule has 0 radical (unpaired) electrons. The Labute approximate surface area is 150 Å². The zero-order valence-electron chi connectivity index (χ0n) is 14.9. The van der Waals surface area contributed by atoms with Crippen molar-refractivity contribution in [2.75, 3.05) is 19.0 Å². The topological polar surface area (TPSA) is 61.8 Å². The van der Waals surface area contributed by atoms with Crippen LogP contribution in [0.25, 0.3) is 0 Å². The molecule has 8 heteroatoms. The van der Waals surface area contributed by atoms with Gasteiger partial charge in [0.05, 0.1) is 4.90 Å². The summed E-state index contributed by atoms with van der Waals surface area (Å²) in [7, 11) is -5.10. The van der Waals surface area contributed by atoms with Crippen LogP contribution >= 0.6 is 10.8 Å². The van der Waals surface area contributed by atoms with Gasteiger partial charge in [0, 0.05) is 31.1 Å². The first kappa shape index (κ1) is 21.7. The Morgan fingerprint density at radius 2 is 1.67 bits per heavy atom. The van der Waals surface area contributed by atoms with Gasteiger partial charge in [0.15, 0.2) is 0 Å². The van der Waals surface area contributed by atoms with E-state index in [0.29, 0.717) is 36.3 Å². The molecule has 0 amide bonds. The van der Waals surface area contributed by atoms with E-state index >= 15 is 0 Å². The van der Waals surface area contributed by atoms with Crippen molar-refractivity contribution in [1.82, 2.24) is 0 Å². The van der Waals surface area contributed by atoms with Crippen molar-refractivity contribution in [3.8, 4) is 0 Å². The molecule has 24 heavy (non-hydrogen) atoms. The van der Waals surface area contributed by atoms with E-state index in [1.54, 1.807) is 30.3 Å². The molecule has 0 atom stereocenters. The molecule has 0 unspecified atom stereocenters. The summed E-state index contributed by atoms with van der Waals surface area (Å²) in [6.07, 6.45) is 0.672. The Morgan fingerprint density at radius 3 is 2.17 bits per heavy atom. The summed E-state index contributed by atoms with van der Waals surface area (Å²) in [5.74, 6) is 0.480. The average Bonchev–Trinajstić information content (AvgIpc) is 2.52. The summed E-state index contributed by atoms with van der Waals surface area (Å²) in [6, 6.07) is 9.10. The Bertz CT molecular complexity index is 557. The van der Waals surface area contributed by atoms with Crippen LogP contribution in [0, 0.1) is 0 Å². The fourth-order valence-electron chi connectivity index (χ4n) is 2.22. The summed E-state index contributed by atoms with van der Waals surface area (Å²) in [6.45, 7) is 8.78. The molecule has 0 N–H and O–H groups in total. The Kier molecular flexibility index (Phi) is 9.54. The van der Waals surface area contributed by atoms with Crippen molar-refractivity contribution in [3.63, 3.8) is 0 Å². The summed E-state index contributed by atoms with van der Waals surface area (Å²) >= 11 is 0. The van der Waals surface area contributed by atoms with E-state index in [9.17, 15) is 8.42 Å². The Hall–Kier alpha value is -0.383. The monoisotopic (exact) mass is 392 g/mol. The van der Waals surface area contributed by atoms with Gasteiger partial charge in [-0.3, -0.25) is 0 Å². The fourth-order valence-corrected chi connectivity index (χ4v) is 8.18. The van der Waals surface area contributed by atoms with Gasteiger partial charge in [-0.1, -0.05) is 18.2 Å². The van der Waals surface area contributed by atoms with Crippen molar-refractivity contribution in [2.24, 2.45) is 0 Å². The molecular weight excluding hydrogens is 364 g/mol. The summed E-state index contributed by atoms with van der Waals surface area (Å²) in [5, 5.41) is 0. The van der Waals surface area contributed by atoms with Crippen LogP contribution in [0.15, 0.2) is 35.2 Å². The minimum absolute atomic E-state index is 0.00970. The summed E-state index contributed by atoms with van der Waals surface area (Å²) in [4.78, 5) is 0.339. The quantitative estimate of drug-likeness (QED) is 0.305. The smallest absolute Gasteiger partial charge is 0.374 e. The molecule has 0 spiro atoms. The molecule has 1 aromatic rings. The molecule has 0 saturated heterocycles. The molecule has 0 aliphatic rings. The van der Waals surface area contributed by atoms with Crippen LogP contribution in [0.1, 0.15) is 34.1 Å². The van der Waals surface area contributed by atoms with Gasteiger partial charge in [-0.25, -0.2) is 8.42 Å². The number of hydrogen-bond donors (Lipinski definition) is 0. The molecule has 0 heterocycles. The third kappa shape index (κ3) is 7.24. The van der Waals surface area contributed by atoms with Gasteiger partial charge in [-0.15, -0.1) is 0 Å². The van der Waals surface area contributed by atoms with E-state index in [1.807, 2.05) is 27.7 Å². The van der Waals surface area contributed by atoms with E-state index in [0.717, 1.165) is 10.8 Å². The molecule has 0 saturated carbocycles. The highest BCUT2D eigenvalue weighted by atomic mass is 33.1. The summed E-state index contributed by atoms with van der Waals surface area (Å²) in [5.41, 5.74) is 0. The molecule has 0 aliphatic carbocycles. The number of rotatable bonds is 12. The second-order valence-corrected chi connectivity index (χ2v) is 12.1. The molecule has 0 bridgehead atoms. The minimum Gasteiger partial charge on any atom is -0.374 e. The largest absolute Gasteiger partial charge is 0.501 e. The third-order valence-electron chi connectivity index (χ3n) is 3.04. The molecule has 0 fully saturated rings. The van der Waals surface area contributed by atoms with Gasteiger partial charge < -0.3 is 13.3 Å². The fraction of sp³-hybridized carbons (Fsp3) is 0.625. The van der Waals surface area contributed by atoms with Gasteiger partial charge in [0.1, 0.15) is 0 Å². The predicted molar refractivity (Wildman–Crippen MR) is 101 cm³/mol. The van der Waals surface area contributed by atoms with E-state index in [4.69, 9.17) is 13.3 Å². The van der Waals surface area contributed by atoms with Gasteiger partial charge in [-0.2, -0.15) is 0 Å². The second-order valence-electron chi connectivity index (χ2n) is 5.41. The molecular formula is C16H28O5S2Si. The maximum absolute atomic E-state index is 12.3. The first-order chi connectivity index (χ1) is 11.4. The lowest BCUT2D eigenvalue weighted by Gasteiger charge is -2.30. The SMILES string of the molecule is CCO[Si](CCCSS(=O)(=O)c1ccccc1)(OCC)OC(C)C. The Morgan fingerprint density at radius 1 is 1.08 bits per heavy atom. The van der Waals surface area contributed by atoms with Gasteiger partial charge in [0.2, 0.25) is 8.87 Å². The van der Waals surface area contributed by atoms with Crippen LogP contribution in [0.5, 0.6) is 0 Å². The number of hydrogen-bond acceptors (Lipinski definition) is 6. The highest BCUT2D eigenvalue weighted by molar-refractivity contribution is 8.72. The van der Waals surface area contributed by atoms with E-state index in [2.05, 4.69) is 0 Å². The highest BCUT2D eigenvalue weighted by Crippen LogP contribution is 2.26. The van der Waals surface area contributed by atoms with E-state index in [-0.39, 0.29) is 6.10 Å². The van der Waals surface area contributed by atoms with Crippen LogP contribution < -0.4 is 0 Å². The van der Waals surface area contributed by atoms with Crippen molar-refractivity contribution < 1.29 is 21.7 Å². The van der Waals surface area contributed by atoms with Crippen LogP contribution in [0.3, 0.4) is 0 Å². The standard InChI is InChI=1S/C16H28O5S2Si/c1-5-19-24(20-6-2,21-15(3)4)14-10-13-22-23(17,18)16-11-8-7-9-12-16/h7-9,11-12,15H,5-6,10,13-14H2,1-4H3. The molecule has 138 valence electrons. The lowest BCUT2D eigenvalue weighted by Crippen LogP contribution is -2.47. The van der Waals surface area contributed by atoms with E-state index in [1.165, 1.54) is 0 Å². The maximum Gasteiger partial charge on any atom is 0.501 e. The van der Waals surface area contributed by atoms with Crippen LogP contribution in [0.2, 0.25) is 6.04 Å². The highest BCUT2D eigenvalue weighted by Gasteiger charge is 2.41. The zero-order valence-corrected chi connectivity index (χ0v) is 17.5. The van der Waals surface area contributed by atoms with Gasteiger partial charge >= 0.3 is 8.80 Å². The van der Waals surface area contributed by atoms with Crippen molar-refractivity contribution in [3.05, 3.63) is 30.3 Å². The van der Waals surface area contributed by atoms with Crippen molar-refractivity contribution in [1.29, 1.82) is 0 Å². The third-order valence-corrected chi connectivity index (χ3v) is 9.92. The maximum atomic E-state index is 12.3. The van der Waals surface area contributed by atoms with Crippen LogP contribution in [0.4, 0.5) is 0 Å². The second kappa shape index (κ2) is 10.6. The number of benzene rings is 1. The normalized spacial score (nSPS) is 12.7. The summed E-state index contributed by atoms with van der Waals surface area (Å²) < 4.78 is 42.2. The average molecular weight is 393 g/mol. The minimum atomic E-state index is -3.32. The molecule has 0 aromatic heterocycles. The lowest BCUT2D eigenvalue weighted by atomic mass is 10.4.